The summed E-state index contributed by atoms with van der Waals surface area (Å²) in [6.45, 7) is 0. The number of benzene rings is 2. The zero-order chi connectivity index (χ0) is 10.1. The molecular formula is C11H10NO2+. The highest BCUT2D eigenvalue weighted by molar-refractivity contribution is 5.93. The van der Waals surface area contributed by atoms with E-state index in [0.29, 0.717) is 5.56 Å². The monoisotopic (exact) mass is 188 g/mol. The lowest BCUT2D eigenvalue weighted by Gasteiger charge is -1.99. The number of rotatable bonds is 1. The number of carbonyl (C=O) groups excluding carboxylic acids is 1. The van der Waals surface area contributed by atoms with Gasteiger partial charge in [0.15, 0.2) is 0 Å². The van der Waals surface area contributed by atoms with Gasteiger partial charge in [-0.05, 0) is 35.0 Å². The molecule has 0 atom stereocenters. The van der Waals surface area contributed by atoms with Gasteiger partial charge in [-0.25, -0.2) is 4.79 Å². The lowest BCUT2D eigenvalue weighted by Crippen LogP contribution is -2.56. The molecule has 0 aliphatic rings. The van der Waals surface area contributed by atoms with Gasteiger partial charge >= 0.3 is 5.91 Å². The normalized spacial score (nSPS) is 10.4. The second kappa shape index (κ2) is 3.12. The van der Waals surface area contributed by atoms with Crippen molar-refractivity contribution < 1.29 is 15.6 Å². The highest BCUT2D eigenvalue weighted by Crippen LogP contribution is 2.20. The molecule has 3 nitrogen and oxygen atoms in total. The van der Waals surface area contributed by atoms with Gasteiger partial charge in [-0.1, -0.05) is 12.1 Å². The van der Waals surface area contributed by atoms with Crippen LogP contribution in [0.25, 0.3) is 10.8 Å². The quantitative estimate of drug-likeness (QED) is 0.699. The van der Waals surface area contributed by atoms with E-state index in [1.165, 1.54) is 0 Å². The van der Waals surface area contributed by atoms with Crippen LogP contribution in [0.1, 0.15) is 10.4 Å². The average molecular weight is 188 g/mol. The third-order valence-corrected chi connectivity index (χ3v) is 2.15. The standard InChI is InChI=1S/C11H9NO2/c12-11(14)9-2-1-8-6-10(13)4-3-7(8)5-9/h1-6,13H,(H2,12,14)/p+1. The first-order valence-corrected chi connectivity index (χ1v) is 4.26. The minimum Gasteiger partial charge on any atom is -0.508 e. The van der Waals surface area contributed by atoms with Crippen LogP contribution < -0.4 is 5.73 Å². The minimum atomic E-state index is -0.194. The predicted octanol–water partition coefficient (Wildman–Crippen LogP) is 0.927. The number of hydrogen-bond acceptors (Lipinski definition) is 2. The van der Waals surface area contributed by atoms with Gasteiger partial charge in [0.1, 0.15) is 5.75 Å². The fraction of sp³-hybridized carbons (Fsp3) is 0. The fourth-order valence-corrected chi connectivity index (χ4v) is 1.41. The van der Waals surface area contributed by atoms with Gasteiger partial charge in [0, 0.05) is 0 Å². The molecule has 0 unspecified atom stereocenters. The Labute approximate surface area is 80.8 Å². The number of phenols is 1. The first kappa shape index (κ1) is 8.72. The van der Waals surface area contributed by atoms with E-state index in [0.717, 1.165) is 10.8 Å². The lowest BCUT2D eigenvalue weighted by atomic mass is 10.1. The summed E-state index contributed by atoms with van der Waals surface area (Å²) in [6, 6.07) is 10.3. The third kappa shape index (κ3) is 1.45. The van der Waals surface area contributed by atoms with Crippen molar-refractivity contribution in [3.63, 3.8) is 0 Å². The van der Waals surface area contributed by atoms with Crippen LogP contribution in [0.5, 0.6) is 5.75 Å². The highest BCUT2D eigenvalue weighted by atomic mass is 16.3. The van der Waals surface area contributed by atoms with Crippen molar-refractivity contribution in [3.05, 3.63) is 42.0 Å². The molecule has 0 radical (unpaired) electrons. The fourth-order valence-electron chi connectivity index (χ4n) is 1.41. The molecule has 2 aromatic carbocycles. The van der Waals surface area contributed by atoms with E-state index in [-0.39, 0.29) is 11.7 Å². The molecule has 0 aromatic heterocycles. The van der Waals surface area contributed by atoms with Crippen molar-refractivity contribution in [3.8, 4) is 5.75 Å². The largest absolute Gasteiger partial charge is 0.508 e. The maximum Gasteiger partial charge on any atom is 0.341 e. The van der Waals surface area contributed by atoms with Crippen molar-refractivity contribution >= 4 is 16.7 Å². The number of amides is 1. The molecule has 0 bridgehead atoms. The van der Waals surface area contributed by atoms with Crippen LogP contribution in [-0.2, 0) is 0 Å². The smallest absolute Gasteiger partial charge is 0.341 e. The summed E-state index contributed by atoms with van der Waals surface area (Å²) in [6.07, 6.45) is 0. The molecule has 0 saturated carbocycles. The maximum atomic E-state index is 11.0. The number of quaternary nitrogens is 1. The Morgan fingerprint density at radius 1 is 1.07 bits per heavy atom. The maximum absolute atomic E-state index is 11.0. The summed E-state index contributed by atoms with van der Waals surface area (Å²) in [5.41, 5.74) is 3.93. The number of hydrogen-bond donors (Lipinski definition) is 2. The van der Waals surface area contributed by atoms with Crippen LogP contribution >= 0.6 is 0 Å². The van der Waals surface area contributed by atoms with E-state index >= 15 is 0 Å². The molecule has 14 heavy (non-hydrogen) atoms. The molecule has 70 valence electrons. The third-order valence-electron chi connectivity index (χ3n) is 2.15. The molecule has 1 amide bonds. The Kier molecular flexibility index (Phi) is 1.94. The van der Waals surface area contributed by atoms with Crippen LogP contribution in [0.15, 0.2) is 36.4 Å². The summed E-state index contributed by atoms with van der Waals surface area (Å²) in [5, 5.41) is 11.1. The van der Waals surface area contributed by atoms with E-state index in [9.17, 15) is 9.90 Å². The average Bonchev–Trinajstić information content (AvgIpc) is 2.16. The summed E-state index contributed by atoms with van der Waals surface area (Å²) < 4.78 is 0. The van der Waals surface area contributed by atoms with Gasteiger partial charge in [0.05, 0.1) is 5.56 Å². The van der Waals surface area contributed by atoms with Crippen LogP contribution in [0.2, 0.25) is 0 Å². The Morgan fingerprint density at radius 2 is 1.71 bits per heavy atom. The molecule has 0 fully saturated rings. The van der Waals surface area contributed by atoms with Crippen molar-refractivity contribution in [1.29, 1.82) is 0 Å². The van der Waals surface area contributed by atoms with Crippen LogP contribution in [0.4, 0.5) is 0 Å². The van der Waals surface area contributed by atoms with Gasteiger partial charge in [0.25, 0.3) is 0 Å². The van der Waals surface area contributed by atoms with Gasteiger partial charge in [-0.15, -0.1) is 0 Å². The van der Waals surface area contributed by atoms with Crippen molar-refractivity contribution in [1.82, 2.24) is 0 Å². The summed E-state index contributed by atoms with van der Waals surface area (Å²) in [4.78, 5) is 11.0. The minimum absolute atomic E-state index is 0.194. The molecule has 0 aliphatic heterocycles. The first-order valence-electron chi connectivity index (χ1n) is 4.26. The van der Waals surface area contributed by atoms with E-state index in [1.54, 1.807) is 36.4 Å². The second-order valence-corrected chi connectivity index (χ2v) is 3.17. The van der Waals surface area contributed by atoms with Gasteiger partial charge in [-0.3, -0.25) is 5.73 Å². The Bertz CT molecular complexity index is 506. The SMILES string of the molecule is [NH3+]C(=O)c1ccc2cc(O)ccc2c1. The molecule has 0 spiro atoms. The zero-order valence-corrected chi connectivity index (χ0v) is 7.53. The summed E-state index contributed by atoms with van der Waals surface area (Å²) in [7, 11) is 0. The number of carbonyl (C=O) groups is 1. The van der Waals surface area contributed by atoms with E-state index in [4.69, 9.17) is 0 Å². The number of aromatic hydroxyl groups is 1. The summed E-state index contributed by atoms with van der Waals surface area (Å²) >= 11 is 0. The van der Waals surface area contributed by atoms with Crippen LogP contribution in [0, 0.1) is 0 Å². The highest BCUT2D eigenvalue weighted by Gasteiger charge is 2.04. The summed E-state index contributed by atoms with van der Waals surface area (Å²) in [5.74, 6) is 0.0335. The van der Waals surface area contributed by atoms with E-state index in [1.807, 2.05) is 0 Å². The van der Waals surface area contributed by atoms with Crippen LogP contribution in [-0.4, -0.2) is 11.0 Å². The predicted molar refractivity (Wildman–Crippen MR) is 52.8 cm³/mol. The van der Waals surface area contributed by atoms with Crippen molar-refractivity contribution in [2.45, 2.75) is 0 Å². The molecule has 0 aliphatic carbocycles. The Morgan fingerprint density at radius 3 is 2.43 bits per heavy atom. The van der Waals surface area contributed by atoms with Gasteiger partial charge < -0.3 is 5.11 Å². The molecule has 3 heteroatoms. The molecule has 4 N–H and O–H groups in total. The first-order chi connectivity index (χ1) is 6.66. The second-order valence-electron chi connectivity index (χ2n) is 3.17. The molecule has 2 rings (SSSR count). The number of phenolic OH excluding ortho intramolecular Hbond substituents is 1. The number of fused-ring (bicyclic) bond motifs is 1. The molecule has 0 heterocycles. The lowest BCUT2D eigenvalue weighted by molar-refractivity contribution is -0.255. The van der Waals surface area contributed by atoms with Crippen LogP contribution in [0.3, 0.4) is 0 Å². The van der Waals surface area contributed by atoms with E-state index < -0.39 is 0 Å². The van der Waals surface area contributed by atoms with E-state index in [2.05, 4.69) is 5.73 Å². The van der Waals surface area contributed by atoms with Gasteiger partial charge in [0.2, 0.25) is 0 Å². The van der Waals surface area contributed by atoms with Crippen molar-refractivity contribution in [2.24, 2.45) is 0 Å². The van der Waals surface area contributed by atoms with Gasteiger partial charge in [-0.2, -0.15) is 0 Å². The molecule has 0 saturated heterocycles. The topological polar surface area (TPSA) is 64.9 Å². The zero-order valence-electron chi connectivity index (χ0n) is 7.53. The van der Waals surface area contributed by atoms with Crippen molar-refractivity contribution in [2.75, 3.05) is 0 Å². The molecular weight excluding hydrogens is 178 g/mol. The Balaban J connectivity index is 2.67. The Hall–Kier alpha value is -1.87. The molecule has 2 aromatic rings.